The van der Waals surface area contributed by atoms with Crippen LogP contribution < -0.4 is 0 Å². The van der Waals surface area contributed by atoms with Crippen molar-refractivity contribution in [3.8, 4) is 0 Å². The van der Waals surface area contributed by atoms with E-state index >= 15 is 0 Å². The fourth-order valence-corrected chi connectivity index (χ4v) is 4.30. The smallest absolute Gasteiger partial charge is 0.151 e. The first-order chi connectivity index (χ1) is 11.8. The lowest BCUT2D eigenvalue weighted by molar-refractivity contribution is 0.614. The first-order valence-electron chi connectivity index (χ1n) is 7.38. The summed E-state index contributed by atoms with van der Waals surface area (Å²) in [5.74, 6) is 0.474. The van der Waals surface area contributed by atoms with E-state index in [9.17, 15) is 4.39 Å². The van der Waals surface area contributed by atoms with Gasteiger partial charge in [0, 0.05) is 11.9 Å². The summed E-state index contributed by atoms with van der Waals surface area (Å²) in [5, 5.41) is 8.29. The Balaban J connectivity index is 1.41. The molecule has 2 aromatic carbocycles. The quantitative estimate of drug-likeness (QED) is 0.498. The molecule has 120 valence electrons. The van der Waals surface area contributed by atoms with Crippen LogP contribution >= 0.6 is 23.1 Å². The third-order valence-corrected chi connectivity index (χ3v) is 5.65. The summed E-state index contributed by atoms with van der Waals surface area (Å²) in [6, 6.07) is 14.6. The Bertz CT molecular complexity index is 946. The zero-order chi connectivity index (χ0) is 16.4. The molecule has 2 aromatic heterocycles. The largest absolute Gasteiger partial charge is 0.248 e. The van der Waals surface area contributed by atoms with Crippen molar-refractivity contribution in [2.45, 2.75) is 16.6 Å². The zero-order valence-corrected chi connectivity index (χ0v) is 14.2. The van der Waals surface area contributed by atoms with Crippen molar-refractivity contribution in [1.29, 1.82) is 0 Å². The number of aromatic nitrogens is 4. The molecule has 0 N–H and O–H groups in total. The fraction of sp³-hybridized carbons (Fsp3) is 0.118. The van der Waals surface area contributed by atoms with Gasteiger partial charge in [-0.05, 0) is 29.8 Å². The molecule has 2 heterocycles. The Morgan fingerprint density at radius 2 is 2.04 bits per heavy atom. The maximum absolute atomic E-state index is 13.2. The van der Waals surface area contributed by atoms with E-state index in [2.05, 4.69) is 21.4 Å². The molecule has 0 amide bonds. The maximum atomic E-state index is 13.2. The first-order valence-corrected chi connectivity index (χ1v) is 9.18. The number of thiazole rings is 1. The van der Waals surface area contributed by atoms with Gasteiger partial charge in [0.25, 0.3) is 0 Å². The highest BCUT2D eigenvalue weighted by Crippen LogP contribution is 2.30. The lowest BCUT2D eigenvalue weighted by atomic mass is 10.2. The molecule has 0 spiro atoms. The first kappa shape index (κ1) is 15.3. The van der Waals surface area contributed by atoms with E-state index in [-0.39, 0.29) is 5.82 Å². The van der Waals surface area contributed by atoms with Crippen LogP contribution in [0.3, 0.4) is 0 Å². The number of hydrogen-bond donors (Lipinski definition) is 0. The second-order valence-corrected chi connectivity index (χ2v) is 7.53. The van der Waals surface area contributed by atoms with Crippen molar-refractivity contribution < 1.29 is 4.39 Å². The molecule has 0 bridgehead atoms. The highest BCUT2D eigenvalue weighted by atomic mass is 32.2. The van der Waals surface area contributed by atoms with E-state index in [0.717, 1.165) is 21.1 Å². The van der Waals surface area contributed by atoms with Gasteiger partial charge in [0.1, 0.15) is 5.82 Å². The minimum atomic E-state index is -0.237. The Kier molecular flexibility index (Phi) is 4.27. The van der Waals surface area contributed by atoms with Gasteiger partial charge >= 0.3 is 0 Å². The van der Waals surface area contributed by atoms with Gasteiger partial charge in [-0.3, -0.25) is 0 Å². The van der Waals surface area contributed by atoms with Gasteiger partial charge in [-0.2, -0.15) is 0 Å². The number of hydrogen-bond acceptors (Lipinski definition) is 5. The molecule has 24 heavy (non-hydrogen) atoms. The highest BCUT2D eigenvalue weighted by molar-refractivity contribution is 8.00. The topological polar surface area (TPSA) is 43.6 Å². The number of halogens is 1. The van der Waals surface area contributed by atoms with Gasteiger partial charge < -0.3 is 0 Å². The van der Waals surface area contributed by atoms with Crippen molar-refractivity contribution in [2.75, 3.05) is 0 Å². The minimum Gasteiger partial charge on any atom is -0.248 e. The maximum Gasteiger partial charge on any atom is 0.151 e. The average molecular weight is 356 g/mol. The number of rotatable bonds is 5. The number of fused-ring (bicyclic) bond motifs is 1. The van der Waals surface area contributed by atoms with Crippen molar-refractivity contribution >= 4 is 33.3 Å². The molecule has 0 aliphatic heterocycles. The van der Waals surface area contributed by atoms with Gasteiger partial charge in [-0.15, -0.1) is 16.4 Å². The Labute approximate surface area is 146 Å². The van der Waals surface area contributed by atoms with Crippen LogP contribution in [0.25, 0.3) is 10.2 Å². The Morgan fingerprint density at radius 1 is 1.12 bits per heavy atom. The molecule has 0 saturated carbocycles. The van der Waals surface area contributed by atoms with Crippen molar-refractivity contribution in [1.82, 2.24) is 20.0 Å². The number of nitrogens with zero attached hydrogens (tertiary/aromatic N) is 4. The van der Waals surface area contributed by atoms with E-state index in [1.807, 2.05) is 30.5 Å². The van der Waals surface area contributed by atoms with E-state index in [1.54, 1.807) is 33.8 Å². The molecule has 0 unspecified atom stereocenters. The molecular formula is C17H13FN4S2. The molecule has 7 heteroatoms. The standard InChI is InChI=1S/C17H13FN4S2/c18-13-5-3-4-12(8-13)9-22-10-14(20-21-22)11-23-17-19-15-6-1-2-7-16(15)24-17/h1-8,10H,9,11H2. The molecule has 0 saturated heterocycles. The van der Waals surface area contributed by atoms with Crippen LogP contribution in [0.4, 0.5) is 4.39 Å². The van der Waals surface area contributed by atoms with E-state index < -0.39 is 0 Å². The SMILES string of the molecule is Fc1cccc(Cn2cc(CSc3nc4ccccc4s3)nn2)c1. The van der Waals surface area contributed by atoms with Crippen LogP contribution in [0, 0.1) is 5.82 Å². The predicted octanol–water partition coefficient (Wildman–Crippen LogP) is 4.37. The fourth-order valence-electron chi connectivity index (χ4n) is 2.35. The predicted molar refractivity (Wildman–Crippen MR) is 94.7 cm³/mol. The zero-order valence-electron chi connectivity index (χ0n) is 12.6. The van der Waals surface area contributed by atoms with Gasteiger partial charge in [0.15, 0.2) is 4.34 Å². The summed E-state index contributed by atoms with van der Waals surface area (Å²) >= 11 is 3.34. The van der Waals surface area contributed by atoms with Gasteiger partial charge in [-0.25, -0.2) is 14.1 Å². The molecular weight excluding hydrogens is 343 g/mol. The Morgan fingerprint density at radius 3 is 2.92 bits per heavy atom. The van der Waals surface area contributed by atoms with Crippen LogP contribution in [0.1, 0.15) is 11.3 Å². The van der Waals surface area contributed by atoms with E-state index in [4.69, 9.17) is 0 Å². The summed E-state index contributed by atoms with van der Waals surface area (Å²) in [7, 11) is 0. The minimum absolute atomic E-state index is 0.237. The molecule has 0 atom stereocenters. The number of para-hydroxylation sites is 1. The number of benzene rings is 2. The molecule has 4 nitrogen and oxygen atoms in total. The Hall–Kier alpha value is -2.25. The third kappa shape index (κ3) is 3.47. The van der Waals surface area contributed by atoms with Crippen LogP contribution in [-0.4, -0.2) is 20.0 Å². The van der Waals surface area contributed by atoms with Crippen molar-refractivity contribution in [2.24, 2.45) is 0 Å². The second-order valence-electron chi connectivity index (χ2n) is 5.27. The van der Waals surface area contributed by atoms with Crippen LogP contribution in [0.15, 0.2) is 59.1 Å². The van der Waals surface area contributed by atoms with E-state index in [0.29, 0.717) is 12.3 Å². The van der Waals surface area contributed by atoms with Crippen LogP contribution in [-0.2, 0) is 12.3 Å². The average Bonchev–Trinajstić information content (AvgIpc) is 3.19. The summed E-state index contributed by atoms with van der Waals surface area (Å²) in [6.45, 7) is 0.510. The van der Waals surface area contributed by atoms with Crippen molar-refractivity contribution in [3.05, 3.63) is 71.8 Å². The van der Waals surface area contributed by atoms with Crippen LogP contribution in [0.2, 0.25) is 0 Å². The monoisotopic (exact) mass is 356 g/mol. The van der Waals surface area contributed by atoms with Crippen LogP contribution in [0.5, 0.6) is 0 Å². The second kappa shape index (κ2) is 6.70. The summed E-state index contributed by atoms with van der Waals surface area (Å²) in [4.78, 5) is 4.60. The molecule has 4 aromatic rings. The lowest BCUT2D eigenvalue weighted by Gasteiger charge is -2.00. The van der Waals surface area contributed by atoms with E-state index in [1.165, 1.54) is 16.8 Å². The summed E-state index contributed by atoms with van der Waals surface area (Å²) in [6.07, 6.45) is 1.89. The molecule has 0 fully saturated rings. The van der Waals surface area contributed by atoms with Gasteiger partial charge in [0.2, 0.25) is 0 Å². The lowest BCUT2D eigenvalue weighted by Crippen LogP contribution is -2.00. The molecule has 0 aliphatic rings. The summed E-state index contributed by atoms with van der Waals surface area (Å²) < 4.78 is 17.2. The third-order valence-electron chi connectivity index (χ3n) is 3.44. The summed E-state index contributed by atoms with van der Waals surface area (Å²) in [5.41, 5.74) is 2.78. The van der Waals surface area contributed by atoms with Gasteiger partial charge in [0.05, 0.1) is 22.5 Å². The van der Waals surface area contributed by atoms with Crippen molar-refractivity contribution in [3.63, 3.8) is 0 Å². The molecule has 0 radical (unpaired) electrons. The highest BCUT2D eigenvalue weighted by Gasteiger charge is 2.07. The molecule has 4 rings (SSSR count). The molecule has 0 aliphatic carbocycles. The van der Waals surface area contributed by atoms with Gasteiger partial charge in [-0.1, -0.05) is 41.2 Å². The number of thioether (sulfide) groups is 1. The normalized spacial score (nSPS) is 11.2.